The molecule has 0 unspecified atom stereocenters. The molecule has 20 heavy (non-hydrogen) atoms. The lowest BCUT2D eigenvalue weighted by molar-refractivity contribution is -0.115. The van der Waals surface area contributed by atoms with Crippen molar-refractivity contribution >= 4 is 44.7 Å². The maximum atomic E-state index is 12.0. The number of halogens is 1. The maximum absolute atomic E-state index is 12.0. The molecule has 0 atom stereocenters. The predicted octanol–water partition coefficient (Wildman–Crippen LogP) is 3.26. The molecule has 0 aliphatic rings. The second kappa shape index (κ2) is 6.63. The summed E-state index contributed by atoms with van der Waals surface area (Å²) in [6.45, 7) is 0. The topological polar surface area (TPSA) is 55.1 Å². The third-order valence-electron chi connectivity index (χ3n) is 2.68. The van der Waals surface area contributed by atoms with Crippen LogP contribution >= 0.6 is 28.1 Å². The Kier molecular flexibility index (Phi) is 4.87. The normalized spacial score (nSPS) is 10.1. The minimum absolute atomic E-state index is 0.0804. The molecule has 0 bridgehead atoms. The molecule has 0 radical (unpaired) electrons. The Bertz CT molecular complexity index is 658. The van der Waals surface area contributed by atoms with Gasteiger partial charge in [-0.1, -0.05) is 52.4 Å². The summed E-state index contributed by atoms with van der Waals surface area (Å²) in [5, 5.41) is 2.84. The number of nitrogens with one attached hydrogen (secondary N) is 1. The van der Waals surface area contributed by atoms with E-state index in [0.717, 1.165) is 15.6 Å². The molecule has 3 nitrogen and oxygen atoms in total. The van der Waals surface area contributed by atoms with Crippen molar-refractivity contribution in [2.75, 3.05) is 5.32 Å². The number of benzene rings is 2. The zero-order valence-corrected chi connectivity index (χ0v) is 13.0. The first-order valence-electron chi connectivity index (χ1n) is 5.99. The van der Waals surface area contributed by atoms with Gasteiger partial charge in [0.2, 0.25) is 5.91 Å². The molecule has 0 saturated heterocycles. The minimum Gasteiger partial charge on any atom is -0.389 e. The van der Waals surface area contributed by atoms with Crippen molar-refractivity contribution in [1.29, 1.82) is 0 Å². The Balaban J connectivity index is 2.04. The molecule has 0 aromatic heterocycles. The molecule has 0 saturated carbocycles. The zero-order valence-electron chi connectivity index (χ0n) is 10.6. The van der Waals surface area contributed by atoms with E-state index in [9.17, 15) is 4.79 Å². The Morgan fingerprint density at radius 1 is 1.20 bits per heavy atom. The van der Waals surface area contributed by atoms with Crippen LogP contribution in [0.25, 0.3) is 0 Å². The SMILES string of the molecule is NC(=S)c1cccc(NC(=O)Cc2cccc(Br)c2)c1. The Labute approximate surface area is 131 Å². The van der Waals surface area contributed by atoms with Crippen molar-refractivity contribution in [3.05, 3.63) is 64.1 Å². The van der Waals surface area contributed by atoms with Crippen LogP contribution in [0, 0.1) is 0 Å². The Morgan fingerprint density at radius 3 is 2.65 bits per heavy atom. The van der Waals surface area contributed by atoms with E-state index in [1.54, 1.807) is 12.1 Å². The first-order chi connectivity index (χ1) is 9.54. The van der Waals surface area contributed by atoms with Gasteiger partial charge in [0.1, 0.15) is 4.99 Å². The number of carbonyl (C=O) groups is 1. The van der Waals surface area contributed by atoms with Crippen LogP contribution in [0.2, 0.25) is 0 Å². The van der Waals surface area contributed by atoms with Crippen molar-refractivity contribution in [2.24, 2.45) is 5.73 Å². The van der Waals surface area contributed by atoms with Crippen LogP contribution in [0.15, 0.2) is 53.0 Å². The van der Waals surface area contributed by atoms with Crippen LogP contribution < -0.4 is 11.1 Å². The summed E-state index contributed by atoms with van der Waals surface area (Å²) >= 11 is 8.30. The quantitative estimate of drug-likeness (QED) is 0.833. The number of amides is 1. The molecule has 0 spiro atoms. The van der Waals surface area contributed by atoms with E-state index in [-0.39, 0.29) is 5.91 Å². The third-order valence-corrected chi connectivity index (χ3v) is 3.41. The largest absolute Gasteiger partial charge is 0.389 e. The highest BCUT2D eigenvalue weighted by Crippen LogP contribution is 2.14. The number of rotatable bonds is 4. The smallest absolute Gasteiger partial charge is 0.228 e. The highest BCUT2D eigenvalue weighted by Gasteiger charge is 2.05. The van der Waals surface area contributed by atoms with Gasteiger partial charge in [-0.15, -0.1) is 0 Å². The van der Waals surface area contributed by atoms with E-state index < -0.39 is 0 Å². The van der Waals surface area contributed by atoms with Gasteiger partial charge in [-0.2, -0.15) is 0 Å². The number of thiocarbonyl (C=S) groups is 1. The van der Waals surface area contributed by atoms with Crippen molar-refractivity contribution in [3.8, 4) is 0 Å². The molecule has 0 aliphatic carbocycles. The molecule has 0 fully saturated rings. The highest BCUT2D eigenvalue weighted by atomic mass is 79.9. The third kappa shape index (κ3) is 4.15. The molecule has 2 aromatic carbocycles. The lowest BCUT2D eigenvalue weighted by Crippen LogP contribution is -2.15. The molecule has 0 heterocycles. The van der Waals surface area contributed by atoms with Crippen LogP contribution in [0.5, 0.6) is 0 Å². The Morgan fingerprint density at radius 2 is 1.95 bits per heavy atom. The van der Waals surface area contributed by atoms with Crippen LogP contribution in [-0.4, -0.2) is 10.9 Å². The average Bonchev–Trinajstić information content (AvgIpc) is 2.38. The minimum atomic E-state index is -0.0804. The van der Waals surface area contributed by atoms with Gasteiger partial charge in [0.15, 0.2) is 0 Å². The molecule has 102 valence electrons. The summed E-state index contributed by atoms with van der Waals surface area (Å²) in [6, 6.07) is 14.9. The number of nitrogens with two attached hydrogens (primary N) is 1. The summed E-state index contributed by atoms with van der Waals surface area (Å²) < 4.78 is 0.957. The molecule has 3 N–H and O–H groups in total. The first kappa shape index (κ1) is 14.7. The summed E-state index contributed by atoms with van der Waals surface area (Å²) in [6.07, 6.45) is 0.316. The van der Waals surface area contributed by atoms with Gasteiger partial charge in [-0.25, -0.2) is 0 Å². The van der Waals surface area contributed by atoms with Gasteiger partial charge in [0.25, 0.3) is 0 Å². The monoisotopic (exact) mass is 348 g/mol. The lowest BCUT2D eigenvalue weighted by Gasteiger charge is -2.07. The van der Waals surface area contributed by atoms with Crippen molar-refractivity contribution in [1.82, 2.24) is 0 Å². The van der Waals surface area contributed by atoms with E-state index >= 15 is 0 Å². The van der Waals surface area contributed by atoms with E-state index in [2.05, 4.69) is 21.2 Å². The second-order valence-corrected chi connectivity index (χ2v) is 5.66. The van der Waals surface area contributed by atoms with E-state index in [1.165, 1.54) is 0 Å². The molecule has 2 rings (SSSR count). The molecule has 1 amide bonds. The summed E-state index contributed by atoms with van der Waals surface area (Å²) in [4.78, 5) is 12.3. The molecular formula is C15H13BrN2OS. The van der Waals surface area contributed by atoms with Crippen LogP contribution in [0.4, 0.5) is 5.69 Å². The van der Waals surface area contributed by atoms with Crippen molar-refractivity contribution in [3.63, 3.8) is 0 Å². The fraction of sp³-hybridized carbons (Fsp3) is 0.0667. The highest BCUT2D eigenvalue weighted by molar-refractivity contribution is 9.10. The molecule has 5 heteroatoms. The Hall–Kier alpha value is -1.72. The fourth-order valence-corrected chi connectivity index (χ4v) is 2.36. The predicted molar refractivity (Wildman–Crippen MR) is 88.8 cm³/mol. The second-order valence-electron chi connectivity index (χ2n) is 4.30. The molecule has 0 aliphatic heterocycles. The van der Waals surface area contributed by atoms with E-state index in [4.69, 9.17) is 18.0 Å². The van der Waals surface area contributed by atoms with Crippen molar-refractivity contribution in [2.45, 2.75) is 6.42 Å². The number of hydrogen-bond acceptors (Lipinski definition) is 2. The summed E-state index contributed by atoms with van der Waals surface area (Å²) in [5.41, 5.74) is 7.94. The van der Waals surface area contributed by atoms with Crippen LogP contribution in [0.3, 0.4) is 0 Å². The molecule has 2 aromatic rings. The van der Waals surface area contributed by atoms with Gasteiger partial charge in [0, 0.05) is 15.7 Å². The van der Waals surface area contributed by atoms with Gasteiger partial charge in [-0.05, 0) is 29.8 Å². The van der Waals surface area contributed by atoms with Gasteiger partial charge >= 0.3 is 0 Å². The van der Waals surface area contributed by atoms with Crippen LogP contribution in [-0.2, 0) is 11.2 Å². The van der Waals surface area contributed by atoms with E-state index in [1.807, 2.05) is 36.4 Å². The van der Waals surface area contributed by atoms with E-state index in [0.29, 0.717) is 17.1 Å². The van der Waals surface area contributed by atoms with Gasteiger partial charge in [-0.3, -0.25) is 4.79 Å². The summed E-state index contributed by atoms with van der Waals surface area (Å²) in [5.74, 6) is -0.0804. The lowest BCUT2D eigenvalue weighted by atomic mass is 10.1. The number of hydrogen-bond donors (Lipinski definition) is 2. The fourth-order valence-electron chi connectivity index (χ4n) is 1.79. The zero-order chi connectivity index (χ0) is 14.5. The maximum Gasteiger partial charge on any atom is 0.228 e. The number of anilines is 1. The first-order valence-corrected chi connectivity index (χ1v) is 7.19. The standard InChI is InChI=1S/C15H13BrN2OS/c16-12-5-1-3-10(7-12)8-14(19)18-13-6-2-4-11(9-13)15(17)20/h1-7,9H,8H2,(H2,17,20)(H,18,19). The number of carbonyl (C=O) groups excluding carboxylic acids is 1. The average molecular weight is 349 g/mol. The molecular weight excluding hydrogens is 336 g/mol. The van der Waals surface area contributed by atoms with Crippen molar-refractivity contribution < 1.29 is 4.79 Å². The van der Waals surface area contributed by atoms with Crippen LogP contribution in [0.1, 0.15) is 11.1 Å². The van der Waals surface area contributed by atoms with Gasteiger partial charge in [0.05, 0.1) is 6.42 Å². The summed E-state index contributed by atoms with van der Waals surface area (Å²) in [7, 11) is 0. The van der Waals surface area contributed by atoms with Gasteiger partial charge < -0.3 is 11.1 Å².